The molecule has 120 valence electrons. The summed E-state index contributed by atoms with van der Waals surface area (Å²) in [5, 5.41) is 7.20. The third kappa shape index (κ3) is 6.05. The number of piperidine rings is 1. The molecule has 0 saturated carbocycles. The first kappa shape index (κ1) is 16.9. The summed E-state index contributed by atoms with van der Waals surface area (Å²) in [6.45, 7) is 13.6. The quantitative estimate of drug-likeness (QED) is 0.868. The Morgan fingerprint density at radius 2 is 2.05 bits per heavy atom. The van der Waals surface area contributed by atoms with Gasteiger partial charge < -0.3 is 5.32 Å². The Balaban J connectivity index is 1.71. The predicted octanol–water partition coefficient (Wildman–Crippen LogP) is 3.70. The maximum atomic E-state index is 4.75. The normalized spacial score (nSPS) is 18.3. The highest BCUT2D eigenvalue weighted by Crippen LogP contribution is 2.20. The smallest absolute Gasteiger partial charge is 0.0928 e. The maximum absolute atomic E-state index is 4.75. The molecule has 21 heavy (non-hydrogen) atoms. The van der Waals surface area contributed by atoms with Crippen LogP contribution in [0, 0.1) is 5.92 Å². The Labute approximate surface area is 134 Å². The van der Waals surface area contributed by atoms with Crippen LogP contribution in [-0.4, -0.2) is 35.1 Å². The highest BCUT2D eigenvalue weighted by molar-refractivity contribution is 7.09. The molecule has 0 amide bonds. The van der Waals surface area contributed by atoms with E-state index in [1.807, 2.05) is 11.3 Å². The van der Waals surface area contributed by atoms with Crippen LogP contribution in [0.15, 0.2) is 5.38 Å². The lowest BCUT2D eigenvalue weighted by atomic mass is 9.95. The average molecular weight is 310 g/mol. The summed E-state index contributed by atoms with van der Waals surface area (Å²) in [6.07, 6.45) is 4.95. The number of nitrogens with one attached hydrogen (secondary N) is 1. The van der Waals surface area contributed by atoms with Crippen LogP contribution in [0.1, 0.15) is 57.7 Å². The minimum absolute atomic E-state index is 0.243. The number of likely N-dealkylation sites (tertiary alicyclic amines) is 1. The summed E-state index contributed by atoms with van der Waals surface area (Å²) >= 11 is 1.83. The third-order valence-corrected chi connectivity index (χ3v) is 5.03. The number of rotatable bonds is 6. The second-order valence-corrected chi connectivity index (χ2v) is 8.28. The number of nitrogens with zero attached hydrogens (tertiary/aromatic N) is 2. The molecule has 1 aromatic rings. The van der Waals surface area contributed by atoms with Gasteiger partial charge in [-0.1, -0.05) is 6.92 Å². The van der Waals surface area contributed by atoms with E-state index in [4.69, 9.17) is 4.98 Å². The van der Waals surface area contributed by atoms with Gasteiger partial charge >= 0.3 is 0 Å². The molecule has 0 unspecified atom stereocenters. The molecule has 0 bridgehead atoms. The molecule has 2 heterocycles. The molecule has 2 rings (SSSR count). The first-order valence-electron chi connectivity index (χ1n) is 8.37. The van der Waals surface area contributed by atoms with Gasteiger partial charge in [0.05, 0.1) is 10.7 Å². The Kier molecular flexibility index (Phi) is 6.20. The molecule has 1 N–H and O–H groups in total. The van der Waals surface area contributed by atoms with E-state index in [9.17, 15) is 0 Å². The standard InChI is InChI=1S/C17H31N3S/c1-5-6-16-19-15(13-21-16)12-20-9-7-14(8-10-20)11-18-17(2,3)4/h13-14,18H,5-12H2,1-4H3. The van der Waals surface area contributed by atoms with Gasteiger partial charge in [0, 0.05) is 17.5 Å². The zero-order valence-corrected chi connectivity index (χ0v) is 14.9. The molecule has 3 nitrogen and oxygen atoms in total. The van der Waals surface area contributed by atoms with Gasteiger partial charge in [0.15, 0.2) is 0 Å². The minimum atomic E-state index is 0.243. The van der Waals surface area contributed by atoms with Gasteiger partial charge in [-0.3, -0.25) is 4.90 Å². The predicted molar refractivity (Wildman–Crippen MR) is 91.9 cm³/mol. The largest absolute Gasteiger partial charge is 0.312 e. The van der Waals surface area contributed by atoms with Gasteiger partial charge in [0.2, 0.25) is 0 Å². The van der Waals surface area contributed by atoms with E-state index in [1.54, 1.807) is 0 Å². The van der Waals surface area contributed by atoms with Crippen molar-refractivity contribution < 1.29 is 0 Å². The van der Waals surface area contributed by atoms with Crippen molar-refractivity contribution in [3.8, 4) is 0 Å². The fourth-order valence-corrected chi connectivity index (χ4v) is 3.67. The van der Waals surface area contributed by atoms with Crippen LogP contribution in [-0.2, 0) is 13.0 Å². The Bertz CT molecular complexity index is 414. The molecule has 1 saturated heterocycles. The second-order valence-electron chi connectivity index (χ2n) is 7.33. The van der Waals surface area contributed by atoms with Gasteiger partial charge in [-0.2, -0.15) is 0 Å². The first-order chi connectivity index (χ1) is 9.96. The maximum Gasteiger partial charge on any atom is 0.0928 e. The summed E-state index contributed by atoms with van der Waals surface area (Å²) in [4.78, 5) is 7.31. The highest BCUT2D eigenvalue weighted by atomic mass is 32.1. The summed E-state index contributed by atoms with van der Waals surface area (Å²) in [7, 11) is 0. The lowest BCUT2D eigenvalue weighted by molar-refractivity contribution is 0.169. The minimum Gasteiger partial charge on any atom is -0.312 e. The van der Waals surface area contributed by atoms with Crippen molar-refractivity contribution in [1.82, 2.24) is 15.2 Å². The first-order valence-corrected chi connectivity index (χ1v) is 9.25. The molecule has 0 atom stereocenters. The van der Waals surface area contributed by atoms with E-state index >= 15 is 0 Å². The Morgan fingerprint density at radius 3 is 2.67 bits per heavy atom. The molecule has 0 spiro atoms. The topological polar surface area (TPSA) is 28.2 Å². The number of aromatic nitrogens is 1. The van der Waals surface area contributed by atoms with Gasteiger partial charge in [0.25, 0.3) is 0 Å². The molecule has 0 radical (unpaired) electrons. The van der Waals surface area contributed by atoms with Crippen LogP contribution in [0.4, 0.5) is 0 Å². The molecule has 0 aliphatic carbocycles. The molecule has 1 aliphatic heterocycles. The fourth-order valence-electron chi connectivity index (χ4n) is 2.78. The van der Waals surface area contributed by atoms with Crippen molar-refractivity contribution in [2.75, 3.05) is 19.6 Å². The van der Waals surface area contributed by atoms with Crippen LogP contribution in [0.25, 0.3) is 0 Å². The van der Waals surface area contributed by atoms with E-state index in [0.717, 1.165) is 25.4 Å². The molecule has 4 heteroatoms. The van der Waals surface area contributed by atoms with E-state index in [2.05, 4.69) is 43.3 Å². The van der Waals surface area contributed by atoms with E-state index in [-0.39, 0.29) is 5.54 Å². The monoisotopic (exact) mass is 309 g/mol. The zero-order chi connectivity index (χ0) is 15.3. The summed E-state index contributed by atoms with van der Waals surface area (Å²) in [6, 6.07) is 0. The number of aryl methyl sites for hydroxylation is 1. The summed E-state index contributed by atoms with van der Waals surface area (Å²) < 4.78 is 0. The van der Waals surface area contributed by atoms with Crippen LogP contribution in [0.2, 0.25) is 0 Å². The Morgan fingerprint density at radius 1 is 1.33 bits per heavy atom. The molecule has 1 fully saturated rings. The van der Waals surface area contributed by atoms with E-state index < -0.39 is 0 Å². The molecular formula is C17H31N3S. The van der Waals surface area contributed by atoms with Crippen molar-refractivity contribution in [2.45, 2.75) is 65.5 Å². The van der Waals surface area contributed by atoms with Crippen molar-refractivity contribution in [1.29, 1.82) is 0 Å². The molecule has 0 aromatic carbocycles. The van der Waals surface area contributed by atoms with Crippen molar-refractivity contribution >= 4 is 11.3 Å². The number of hydrogen-bond donors (Lipinski definition) is 1. The second kappa shape index (κ2) is 7.70. The SMILES string of the molecule is CCCc1nc(CN2CCC(CNC(C)(C)C)CC2)cs1. The Hall–Kier alpha value is -0.450. The molecule has 1 aromatic heterocycles. The van der Waals surface area contributed by atoms with Crippen molar-refractivity contribution in [2.24, 2.45) is 5.92 Å². The van der Waals surface area contributed by atoms with Crippen LogP contribution >= 0.6 is 11.3 Å². The van der Waals surface area contributed by atoms with Crippen molar-refractivity contribution in [3.63, 3.8) is 0 Å². The summed E-state index contributed by atoms with van der Waals surface area (Å²) in [5.74, 6) is 0.839. The van der Waals surface area contributed by atoms with Crippen molar-refractivity contribution in [3.05, 3.63) is 16.1 Å². The summed E-state index contributed by atoms with van der Waals surface area (Å²) in [5.41, 5.74) is 1.52. The lowest BCUT2D eigenvalue weighted by Crippen LogP contribution is -2.42. The van der Waals surface area contributed by atoms with Gasteiger partial charge in [-0.25, -0.2) is 4.98 Å². The van der Waals surface area contributed by atoms with Gasteiger partial charge in [0.1, 0.15) is 0 Å². The average Bonchev–Trinajstić information content (AvgIpc) is 2.85. The molecule has 1 aliphatic rings. The fraction of sp³-hybridized carbons (Fsp3) is 0.824. The lowest BCUT2D eigenvalue weighted by Gasteiger charge is -2.33. The van der Waals surface area contributed by atoms with Crippen LogP contribution in [0.5, 0.6) is 0 Å². The van der Waals surface area contributed by atoms with E-state index in [1.165, 1.54) is 43.1 Å². The van der Waals surface area contributed by atoms with Gasteiger partial charge in [-0.15, -0.1) is 11.3 Å². The van der Waals surface area contributed by atoms with Crippen LogP contribution < -0.4 is 5.32 Å². The van der Waals surface area contributed by atoms with Crippen LogP contribution in [0.3, 0.4) is 0 Å². The van der Waals surface area contributed by atoms with Gasteiger partial charge in [-0.05, 0) is 72.0 Å². The molecular weight excluding hydrogens is 278 g/mol. The number of thiazole rings is 1. The van der Waals surface area contributed by atoms with E-state index in [0.29, 0.717) is 0 Å². The zero-order valence-electron chi connectivity index (χ0n) is 14.1. The highest BCUT2D eigenvalue weighted by Gasteiger charge is 2.21. The third-order valence-electron chi connectivity index (χ3n) is 4.08. The number of hydrogen-bond acceptors (Lipinski definition) is 4.